The number of esters is 8. The van der Waals surface area contributed by atoms with Crippen molar-refractivity contribution >= 4 is 82.1 Å². The van der Waals surface area contributed by atoms with Crippen LogP contribution < -0.4 is 9.80 Å². The molecule has 0 N–H and O–H groups in total. The molecule has 0 aromatic heterocycles. The van der Waals surface area contributed by atoms with Gasteiger partial charge in [0.05, 0.1) is 22.5 Å². The van der Waals surface area contributed by atoms with Crippen molar-refractivity contribution in [3.05, 3.63) is 59.7 Å². The number of anilines is 2. The summed E-state index contributed by atoms with van der Waals surface area (Å²) in [6, 6.07) is 12.3. The summed E-state index contributed by atoms with van der Waals surface area (Å²) < 4.78 is 56.8. The second kappa shape index (κ2) is 19.9. The number of hydrogen-bond donors (Lipinski definition) is 0. The van der Waals surface area contributed by atoms with Gasteiger partial charge in [0.1, 0.15) is 25.4 Å². The third kappa shape index (κ3) is 10.0. The van der Waals surface area contributed by atoms with Crippen molar-refractivity contribution in [1.82, 2.24) is 0 Å². The maximum Gasteiger partial charge on any atom is 0.303 e. The van der Waals surface area contributed by atoms with E-state index in [1.54, 1.807) is 24.3 Å². The van der Waals surface area contributed by atoms with E-state index >= 15 is 9.59 Å². The molecule has 2 aromatic rings. The SMILES string of the molecule is CC(=O)OC[C@H]1O[C@@H](N2C(=O)/C(=C3/C(=O)N([C@@H]4O[C@H](COC(C)=O)[C@@H](OC(C)=O)[C@H](OC(C)=O)[C@@H]4OC(C)=O)c4ccccc43)c3ccccc32)[C@@H](OC(C)=O)[C@@H](OC(C)=O)[C@@H]1OC(C)=O. The first-order valence-electron chi connectivity index (χ1n) is 20.4. The molecule has 2 aromatic carbocycles. The van der Waals surface area contributed by atoms with Gasteiger partial charge in [0.15, 0.2) is 49.1 Å². The van der Waals surface area contributed by atoms with E-state index in [0.29, 0.717) is 0 Å². The second-order valence-corrected chi connectivity index (χ2v) is 15.3. The molecule has 22 heteroatoms. The summed E-state index contributed by atoms with van der Waals surface area (Å²) in [5.74, 6) is -8.79. The molecule has 0 radical (unpaired) electrons. The molecule has 2 amide bonds. The van der Waals surface area contributed by atoms with Gasteiger partial charge in [-0.1, -0.05) is 36.4 Å². The summed E-state index contributed by atoms with van der Waals surface area (Å²) in [6.45, 7) is 7.29. The molecule has 352 valence electrons. The van der Waals surface area contributed by atoms with Gasteiger partial charge in [-0.3, -0.25) is 57.7 Å². The number of carbonyl (C=O) groups is 10. The highest BCUT2D eigenvalue weighted by Gasteiger charge is 2.59. The van der Waals surface area contributed by atoms with Crippen molar-refractivity contribution in [2.75, 3.05) is 23.0 Å². The highest BCUT2D eigenvalue weighted by molar-refractivity contribution is 6.50. The van der Waals surface area contributed by atoms with Crippen LogP contribution in [-0.4, -0.2) is 134 Å². The van der Waals surface area contributed by atoms with E-state index in [4.69, 9.17) is 47.4 Å². The predicted molar refractivity (Wildman–Crippen MR) is 219 cm³/mol. The average Bonchev–Trinajstić information content (AvgIpc) is 3.66. The summed E-state index contributed by atoms with van der Waals surface area (Å²) in [5.41, 5.74) is 0.0331. The largest absolute Gasteiger partial charge is 0.463 e. The van der Waals surface area contributed by atoms with E-state index in [1.165, 1.54) is 24.3 Å². The summed E-state index contributed by atoms with van der Waals surface area (Å²) in [5, 5.41) is 0. The Hall–Kier alpha value is -7.20. The quantitative estimate of drug-likeness (QED) is 0.166. The Morgan fingerprint density at radius 2 is 0.712 bits per heavy atom. The van der Waals surface area contributed by atoms with Gasteiger partial charge in [-0.25, -0.2) is 0 Å². The maximum atomic E-state index is 15.4. The molecule has 10 atom stereocenters. The number of rotatable bonds is 12. The van der Waals surface area contributed by atoms with Gasteiger partial charge in [-0.15, -0.1) is 0 Å². The minimum atomic E-state index is -1.72. The molecule has 4 aliphatic rings. The first kappa shape index (κ1) is 48.3. The molecule has 6 rings (SSSR count). The lowest BCUT2D eigenvalue weighted by atomic mass is 9.96. The molecule has 2 saturated heterocycles. The molecule has 66 heavy (non-hydrogen) atoms. The zero-order valence-corrected chi connectivity index (χ0v) is 36.9. The number of hydrogen-bond acceptors (Lipinski definition) is 20. The van der Waals surface area contributed by atoms with Crippen LogP contribution in [0.25, 0.3) is 11.1 Å². The van der Waals surface area contributed by atoms with Crippen LogP contribution in [0, 0.1) is 0 Å². The van der Waals surface area contributed by atoms with Crippen LogP contribution in [-0.2, 0) is 95.3 Å². The Kier molecular flexibility index (Phi) is 14.6. The summed E-state index contributed by atoms with van der Waals surface area (Å²) in [6.07, 6.45) is -16.2. The topological polar surface area (TPSA) is 269 Å². The van der Waals surface area contributed by atoms with E-state index < -0.39 is 134 Å². The number of benzene rings is 2. The van der Waals surface area contributed by atoms with Crippen molar-refractivity contribution in [3.8, 4) is 0 Å². The molecule has 0 unspecified atom stereocenters. The van der Waals surface area contributed by atoms with Crippen LogP contribution in [0.4, 0.5) is 11.4 Å². The molecule has 4 heterocycles. The second-order valence-electron chi connectivity index (χ2n) is 15.3. The molecular formula is C44H46N2O20. The third-order valence-electron chi connectivity index (χ3n) is 10.4. The van der Waals surface area contributed by atoms with Gasteiger partial charge in [-0.05, 0) is 12.1 Å². The number of nitrogens with zero attached hydrogens (tertiary/aromatic N) is 2. The Labute approximate surface area is 376 Å². The molecule has 4 aliphatic heterocycles. The molecular weight excluding hydrogens is 876 g/mol. The lowest BCUT2D eigenvalue weighted by Gasteiger charge is -2.46. The van der Waals surface area contributed by atoms with E-state index in [0.717, 1.165) is 65.2 Å². The first-order chi connectivity index (χ1) is 31.2. The fourth-order valence-electron chi connectivity index (χ4n) is 8.30. The van der Waals surface area contributed by atoms with Crippen molar-refractivity contribution in [2.24, 2.45) is 0 Å². The summed E-state index contributed by atoms with van der Waals surface area (Å²) in [4.78, 5) is 132. The zero-order chi connectivity index (χ0) is 48.3. The molecule has 0 aliphatic carbocycles. The van der Waals surface area contributed by atoms with Crippen LogP contribution in [0.3, 0.4) is 0 Å². The van der Waals surface area contributed by atoms with Crippen molar-refractivity contribution in [3.63, 3.8) is 0 Å². The van der Waals surface area contributed by atoms with Gasteiger partial charge in [0, 0.05) is 66.5 Å². The number of ether oxygens (including phenoxy) is 10. The summed E-state index contributed by atoms with van der Waals surface area (Å²) >= 11 is 0. The van der Waals surface area contributed by atoms with Gasteiger partial charge >= 0.3 is 47.8 Å². The number of amides is 2. The normalized spacial score (nSPS) is 27.7. The van der Waals surface area contributed by atoms with Gasteiger partial charge < -0.3 is 47.4 Å². The minimum Gasteiger partial charge on any atom is -0.463 e. The number of carbonyl (C=O) groups excluding carboxylic acids is 10. The molecule has 0 bridgehead atoms. The lowest BCUT2D eigenvalue weighted by Crippen LogP contribution is -2.67. The zero-order valence-electron chi connectivity index (χ0n) is 36.9. The Morgan fingerprint density at radius 1 is 0.424 bits per heavy atom. The predicted octanol–water partition coefficient (Wildman–Crippen LogP) is 1.46. The highest BCUT2D eigenvalue weighted by Crippen LogP contribution is 2.50. The van der Waals surface area contributed by atoms with E-state index in [9.17, 15) is 38.4 Å². The third-order valence-corrected chi connectivity index (χ3v) is 10.4. The fraction of sp³-hybridized carbons (Fsp3) is 0.455. The van der Waals surface area contributed by atoms with Crippen molar-refractivity contribution in [1.29, 1.82) is 0 Å². The highest BCUT2D eigenvalue weighted by atomic mass is 16.7. The van der Waals surface area contributed by atoms with Crippen LogP contribution in [0.2, 0.25) is 0 Å². The first-order valence-corrected chi connectivity index (χ1v) is 20.4. The average molecular weight is 923 g/mol. The molecule has 22 nitrogen and oxygen atoms in total. The van der Waals surface area contributed by atoms with Crippen LogP contribution in [0.1, 0.15) is 66.5 Å². The summed E-state index contributed by atoms with van der Waals surface area (Å²) in [7, 11) is 0. The maximum absolute atomic E-state index is 15.4. The van der Waals surface area contributed by atoms with Gasteiger partial charge in [0.2, 0.25) is 0 Å². The van der Waals surface area contributed by atoms with Crippen LogP contribution in [0.15, 0.2) is 48.5 Å². The Morgan fingerprint density at radius 3 is 1.02 bits per heavy atom. The number of fused-ring (bicyclic) bond motifs is 2. The van der Waals surface area contributed by atoms with E-state index in [2.05, 4.69) is 0 Å². The molecule has 0 spiro atoms. The fourth-order valence-corrected chi connectivity index (χ4v) is 8.30. The lowest BCUT2D eigenvalue weighted by molar-refractivity contribution is -0.251. The monoisotopic (exact) mass is 922 g/mol. The van der Waals surface area contributed by atoms with E-state index in [-0.39, 0.29) is 33.6 Å². The standard InChI is InChI=1S/C44H46N2O20/c1-19(47)57-17-31-35(59-21(3)49)37(61-23(5)51)39(63-25(7)53)43(65-31)45-29-15-11-9-13-27(29)33(41(45)55)34-28-14-10-12-16-30(28)46(42(34)56)44-40(64-26(8)54)38(62-24(6)52)36(60-22(4)50)32(66-44)18-58-20(2)48/h9-16,31-32,35-40,43-44H,17-18H2,1-8H3/b34-33+/t31-,32-,35-,36-,37+,38+,39+,40+,43-,44-/m1/s1. The Bertz CT molecular complexity index is 2220. The van der Waals surface area contributed by atoms with Gasteiger partial charge in [-0.2, -0.15) is 0 Å². The van der Waals surface area contributed by atoms with E-state index in [1.807, 2.05) is 0 Å². The smallest absolute Gasteiger partial charge is 0.303 e. The molecule has 0 saturated carbocycles. The van der Waals surface area contributed by atoms with Gasteiger partial charge in [0.25, 0.3) is 11.8 Å². The van der Waals surface area contributed by atoms with Crippen molar-refractivity contribution < 1.29 is 95.3 Å². The van der Waals surface area contributed by atoms with Crippen molar-refractivity contribution in [2.45, 2.75) is 117 Å². The minimum absolute atomic E-state index is 0.0990. The number of para-hydroxylation sites is 2. The Balaban J connectivity index is 1.53. The van der Waals surface area contributed by atoms with Crippen LogP contribution >= 0.6 is 0 Å². The molecule has 2 fully saturated rings. The van der Waals surface area contributed by atoms with Crippen LogP contribution in [0.5, 0.6) is 0 Å².